The van der Waals surface area contributed by atoms with E-state index >= 15 is 0 Å². The van der Waals surface area contributed by atoms with E-state index in [1.807, 2.05) is 25.1 Å². The van der Waals surface area contributed by atoms with Crippen LogP contribution in [0.3, 0.4) is 0 Å². The summed E-state index contributed by atoms with van der Waals surface area (Å²) in [5, 5.41) is 6.36. The van der Waals surface area contributed by atoms with Gasteiger partial charge in [-0.25, -0.2) is 0 Å². The van der Waals surface area contributed by atoms with Gasteiger partial charge in [-0.3, -0.25) is 4.79 Å². The van der Waals surface area contributed by atoms with Crippen molar-refractivity contribution >= 4 is 11.6 Å². The first-order valence-corrected chi connectivity index (χ1v) is 7.91. The zero-order valence-electron chi connectivity index (χ0n) is 13.1. The Morgan fingerprint density at radius 1 is 1.38 bits per heavy atom. The summed E-state index contributed by atoms with van der Waals surface area (Å²) >= 11 is 0. The van der Waals surface area contributed by atoms with Gasteiger partial charge in [0.2, 0.25) is 0 Å². The molecule has 1 saturated heterocycles. The predicted molar refractivity (Wildman–Crippen MR) is 85.8 cm³/mol. The van der Waals surface area contributed by atoms with Crippen LogP contribution in [0.25, 0.3) is 0 Å². The van der Waals surface area contributed by atoms with Crippen molar-refractivity contribution in [2.45, 2.75) is 33.1 Å². The van der Waals surface area contributed by atoms with Gasteiger partial charge in [-0.15, -0.1) is 0 Å². The average Bonchev–Trinajstić information content (AvgIpc) is 2.99. The van der Waals surface area contributed by atoms with Crippen LogP contribution in [0.1, 0.15) is 42.1 Å². The van der Waals surface area contributed by atoms with Gasteiger partial charge >= 0.3 is 0 Å². The largest absolute Gasteiger partial charge is 0.384 e. The molecule has 2 N–H and O–H groups in total. The van der Waals surface area contributed by atoms with Crippen LogP contribution in [0.15, 0.2) is 18.2 Å². The van der Waals surface area contributed by atoms with E-state index in [0.29, 0.717) is 12.5 Å². The Morgan fingerprint density at radius 2 is 2.24 bits per heavy atom. The molecule has 1 atom stereocenters. The number of anilines is 1. The monoisotopic (exact) mass is 290 g/mol. The predicted octanol–water partition coefficient (Wildman–Crippen LogP) is 2.97. The highest BCUT2D eigenvalue weighted by Gasteiger charge is 2.16. The highest BCUT2D eigenvalue weighted by atomic mass is 16.5. The fraction of sp³-hybridized carbons (Fsp3) is 0.588. The van der Waals surface area contributed by atoms with Crippen LogP contribution in [-0.4, -0.2) is 32.2 Å². The van der Waals surface area contributed by atoms with Crippen molar-refractivity contribution < 1.29 is 9.53 Å². The van der Waals surface area contributed by atoms with Crippen molar-refractivity contribution in [3.8, 4) is 0 Å². The summed E-state index contributed by atoms with van der Waals surface area (Å²) in [4.78, 5) is 12.4. The molecular weight excluding hydrogens is 264 g/mol. The molecule has 21 heavy (non-hydrogen) atoms. The third-order valence-corrected chi connectivity index (χ3v) is 3.85. The SMILES string of the molecule is CCCNc1ccc(C)cc1C(=O)NCCC1CCOC1. The molecule has 0 aliphatic carbocycles. The molecule has 2 rings (SSSR count). The maximum atomic E-state index is 12.4. The second kappa shape index (κ2) is 8.03. The molecule has 1 aliphatic heterocycles. The summed E-state index contributed by atoms with van der Waals surface area (Å²) in [6.45, 7) is 7.42. The van der Waals surface area contributed by atoms with Crippen LogP contribution in [0, 0.1) is 12.8 Å². The topological polar surface area (TPSA) is 50.4 Å². The van der Waals surface area contributed by atoms with Gasteiger partial charge < -0.3 is 15.4 Å². The lowest BCUT2D eigenvalue weighted by molar-refractivity contribution is 0.0951. The number of aryl methyl sites for hydroxylation is 1. The standard InChI is InChI=1S/C17H26N2O2/c1-3-8-18-16-5-4-13(2)11-15(16)17(20)19-9-6-14-7-10-21-12-14/h4-5,11,14,18H,3,6-10,12H2,1-2H3,(H,19,20). The highest BCUT2D eigenvalue weighted by Crippen LogP contribution is 2.18. The van der Waals surface area contributed by atoms with Gasteiger partial charge in [0.05, 0.1) is 5.56 Å². The number of ether oxygens (including phenoxy) is 1. The number of rotatable bonds is 7. The Balaban J connectivity index is 1.91. The lowest BCUT2D eigenvalue weighted by Gasteiger charge is -2.13. The normalized spacial score (nSPS) is 17.7. The lowest BCUT2D eigenvalue weighted by Crippen LogP contribution is -2.27. The third-order valence-electron chi connectivity index (χ3n) is 3.85. The molecule has 1 unspecified atom stereocenters. The second-order valence-corrected chi connectivity index (χ2v) is 5.75. The summed E-state index contributed by atoms with van der Waals surface area (Å²) in [5.74, 6) is 0.608. The first-order valence-electron chi connectivity index (χ1n) is 7.91. The van der Waals surface area contributed by atoms with Crippen molar-refractivity contribution in [2.75, 3.05) is 31.6 Å². The fourth-order valence-corrected chi connectivity index (χ4v) is 2.56. The van der Waals surface area contributed by atoms with Crippen molar-refractivity contribution in [3.05, 3.63) is 29.3 Å². The molecule has 1 aromatic carbocycles. The van der Waals surface area contributed by atoms with Crippen molar-refractivity contribution in [2.24, 2.45) is 5.92 Å². The van der Waals surface area contributed by atoms with E-state index in [2.05, 4.69) is 17.6 Å². The van der Waals surface area contributed by atoms with Gasteiger partial charge in [0.15, 0.2) is 0 Å². The van der Waals surface area contributed by atoms with E-state index in [9.17, 15) is 4.79 Å². The molecule has 1 fully saturated rings. The zero-order chi connectivity index (χ0) is 15.1. The average molecular weight is 290 g/mol. The summed E-state index contributed by atoms with van der Waals surface area (Å²) < 4.78 is 5.36. The van der Waals surface area contributed by atoms with Crippen LogP contribution in [-0.2, 0) is 4.74 Å². The molecule has 4 nitrogen and oxygen atoms in total. The fourth-order valence-electron chi connectivity index (χ4n) is 2.56. The van der Waals surface area contributed by atoms with Gasteiger partial charge in [-0.05, 0) is 44.2 Å². The molecular formula is C17H26N2O2. The number of benzene rings is 1. The molecule has 0 spiro atoms. The minimum Gasteiger partial charge on any atom is -0.384 e. The number of hydrogen-bond donors (Lipinski definition) is 2. The van der Waals surface area contributed by atoms with Crippen LogP contribution in [0.5, 0.6) is 0 Å². The highest BCUT2D eigenvalue weighted by molar-refractivity contribution is 5.99. The lowest BCUT2D eigenvalue weighted by atomic mass is 10.0. The van der Waals surface area contributed by atoms with Crippen LogP contribution >= 0.6 is 0 Å². The van der Waals surface area contributed by atoms with Crippen molar-refractivity contribution in [3.63, 3.8) is 0 Å². The van der Waals surface area contributed by atoms with E-state index in [0.717, 1.165) is 55.8 Å². The number of carbonyl (C=O) groups is 1. The molecule has 4 heteroatoms. The Bertz CT molecular complexity index is 468. The van der Waals surface area contributed by atoms with Crippen LogP contribution < -0.4 is 10.6 Å². The molecule has 1 aromatic rings. The summed E-state index contributed by atoms with van der Waals surface area (Å²) in [6, 6.07) is 5.97. The van der Waals surface area contributed by atoms with E-state index in [1.165, 1.54) is 0 Å². The number of carbonyl (C=O) groups excluding carboxylic acids is 1. The smallest absolute Gasteiger partial charge is 0.253 e. The van der Waals surface area contributed by atoms with E-state index in [1.54, 1.807) is 0 Å². The zero-order valence-corrected chi connectivity index (χ0v) is 13.1. The number of nitrogens with one attached hydrogen (secondary N) is 2. The van der Waals surface area contributed by atoms with E-state index < -0.39 is 0 Å². The number of amides is 1. The first-order chi connectivity index (χ1) is 10.2. The van der Waals surface area contributed by atoms with Gasteiger partial charge in [0.1, 0.15) is 0 Å². The maximum absolute atomic E-state index is 12.4. The molecule has 0 radical (unpaired) electrons. The molecule has 116 valence electrons. The van der Waals surface area contributed by atoms with Gasteiger partial charge in [0.25, 0.3) is 5.91 Å². The Morgan fingerprint density at radius 3 is 2.95 bits per heavy atom. The Labute approximate surface area is 127 Å². The molecule has 1 aliphatic rings. The summed E-state index contributed by atoms with van der Waals surface area (Å²) in [5.41, 5.74) is 2.77. The van der Waals surface area contributed by atoms with Gasteiger partial charge in [-0.1, -0.05) is 18.6 Å². The van der Waals surface area contributed by atoms with Crippen molar-refractivity contribution in [1.82, 2.24) is 5.32 Å². The Hall–Kier alpha value is -1.55. The molecule has 1 amide bonds. The maximum Gasteiger partial charge on any atom is 0.253 e. The molecule has 1 heterocycles. The third kappa shape index (κ3) is 4.74. The number of hydrogen-bond acceptors (Lipinski definition) is 3. The Kier molecular flexibility index (Phi) is 6.05. The summed E-state index contributed by atoms with van der Waals surface area (Å²) in [6.07, 6.45) is 3.15. The molecule has 0 aromatic heterocycles. The van der Waals surface area contributed by atoms with Gasteiger partial charge in [-0.2, -0.15) is 0 Å². The quantitative estimate of drug-likeness (QED) is 0.811. The minimum absolute atomic E-state index is 0.0104. The van der Waals surface area contributed by atoms with Crippen LogP contribution in [0.4, 0.5) is 5.69 Å². The van der Waals surface area contributed by atoms with Crippen LogP contribution in [0.2, 0.25) is 0 Å². The minimum atomic E-state index is 0.0104. The van der Waals surface area contributed by atoms with E-state index in [-0.39, 0.29) is 5.91 Å². The van der Waals surface area contributed by atoms with Crippen molar-refractivity contribution in [1.29, 1.82) is 0 Å². The van der Waals surface area contributed by atoms with E-state index in [4.69, 9.17) is 4.74 Å². The second-order valence-electron chi connectivity index (χ2n) is 5.75. The molecule has 0 bridgehead atoms. The molecule has 0 saturated carbocycles. The summed E-state index contributed by atoms with van der Waals surface area (Å²) in [7, 11) is 0. The van der Waals surface area contributed by atoms with Gasteiger partial charge in [0, 0.05) is 32.0 Å². The first kappa shape index (κ1) is 15.8.